The molecule has 2 unspecified atom stereocenters. The van der Waals surface area contributed by atoms with Crippen LogP contribution in [0.3, 0.4) is 0 Å². The highest BCUT2D eigenvalue weighted by Gasteiger charge is 2.31. The van der Waals surface area contributed by atoms with Crippen molar-refractivity contribution in [3.63, 3.8) is 0 Å². The molecule has 2 atom stereocenters. The van der Waals surface area contributed by atoms with Crippen molar-refractivity contribution >= 4 is 15.9 Å². The third-order valence-corrected chi connectivity index (χ3v) is 3.83. The molecule has 1 fully saturated rings. The maximum atomic E-state index is 5.96. The van der Waals surface area contributed by atoms with Crippen LogP contribution in [0.1, 0.15) is 25.5 Å². The molecule has 1 aromatic heterocycles. The van der Waals surface area contributed by atoms with Gasteiger partial charge in [-0.25, -0.2) is 0 Å². The van der Waals surface area contributed by atoms with E-state index in [1.54, 1.807) is 0 Å². The molecule has 19 heavy (non-hydrogen) atoms. The average molecular weight is 328 g/mol. The van der Waals surface area contributed by atoms with E-state index in [0.29, 0.717) is 6.04 Å². The van der Waals surface area contributed by atoms with E-state index < -0.39 is 0 Å². The second-order valence-electron chi connectivity index (χ2n) is 5.33. The zero-order chi connectivity index (χ0) is 13.8. The molecular formula is C14H22BrN3O. The van der Waals surface area contributed by atoms with Crippen molar-refractivity contribution in [3.8, 4) is 0 Å². The summed E-state index contributed by atoms with van der Waals surface area (Å²) in [6, 6.07) is 2.85. The highest BCUT2D eigenvalue weighted by atomic mass is 79.9. The van der Waals surface area contributed by atoms with E-state index >= 15 is 0 Å². The summed E-state index contributed by atoms with van der Waals surface area (Å²) in [5.74, 6) is 0. The van der Waals surface area contributed by atoms with Gasteiger partial charge in [0, 0.05) is 36.0 Å². The number of rotatable bonds is 4. The molecule has 1 aromatic rings. The van der Waals surface area contributed by atoms with Gasteiger partial charge in [0.2, 0.25) is 0 Å². The quantitative estimate of drug-likeness (QED) is 0.920. The number of hydrogen-bond acceptors (Lipinski definition) is 4. The summed E-state index contributed by atoms with van der Waals surface area (Å²) in [4.78, 5) is 6.62. The van der Waals surface area contributed by atoms with Gasteiger partial charge in [-0.1, -0.05) is 13.8 Å². The second-order valence-corrected chi connectivity index (χ2v) is 6.25. The first-order valence-electron chi connectivity index (χ1n) is 6.73. The summed E-state index contributed by atoms with van der Waals surface area (Å²) in [6.45, 7) is 6.91. The summed E-state index contributed by atoms with van der Waals surface area (Å²) in [7, 11) is 2.15. The Labute approximate surface area is 123 Å². The van der Waals surface area contributed by atoms with Gasteiger partial charge in [-0.15, -0.1) is 0 Å². The normalized spacial score (nSPS) is 24.9. The average Bonchev–Trinajstić information content (AvgIpc) is 2.36. The molecule has 2 heterocycles. The summed E-state index contributed by atoms with van der Waals surface area (Å²) < 4.78 is 6.97. The van der Waals surface area contributed by atoms with Crippen molar-refractivity contribution < 1.29 is 4.74 Å². The number of halogens is 1. The lowest BCUT2D eigenvalue weighted by Gasteiger charge is -2.39. The lowest BCUT2D eigenvalue weighted by atomic mass is 10.00. The number of nitrogens with one attached hydrogen (secondary N) is 1. The maximum absolute atomic E-state index is 5.96. The van der Waals surface area contributed by atoms with Gasteiger partial charge in [0.25, 0.3) is 0 Å². The number of morpholine rings is 1. The van der Waals surface area contributed by atoms with Gasteiger partial charge in [0.05, 0.1) is 18.8 Å². The van der Waals surface area contributed by atoms with Crippen LogP contribution in [0.25, 0.3) is 0 Å². The number of aromatic nitrogens is 1. The van der Waals surface area contributed by atoms with Crippen molar-refractivity contribution in [2.45, 2.75) is 32.0 Å². The minimum atomic E-state index is 0.164. The van der Waals surface area contributed by atoms with Crippen LogP contribution >= 0.6 is 15.9 Å². The highest BCUT2D eigenvalue weighted by Crippen LogP contribution is 2.29. The third kappa shape index (κ3) is 3.99. The molecule has 0 aromatic carbocycles. The van der Waals surface area contributed by atoms with Crippen LogP contribution in [0.15, 0.2) is 22.9 Å². The smallest absolute Gasteiger partial charge is 0.0897 e. The van der Waals surface area contributed by atoms with Gasteiger partial charge in [-0.3, -0.25) is 9.88 Å². The molecule has 1 saturated heterocycles. The minimum Gasteiger partial charge on any atom is -0.374 e. The molecule has 2 rings (SSSR count). The fourth-order valence-electron chi connectivity index (χ4n) is 2.44. The Morgan fingerprint density at radius 2 is 2.32 bits per heavy atom. The van der Waals surface area contributed by atoms with E-state index in [1.165, 1.54) is 5.56 Å². The molecule has 0 bridgehead atoms. The first kappa shape index (κ1) is 14.9. The summed E-state index contributed by atoms with van der Waals surface area (Å²) >= 11 is 3.49. The first-order valence-corrected chi connectivity index (χ1v) is 7.53. The third-order valence-electron chi connectivity index (χ3n) is 3.40. The van der Waals surface area contributed by atoms with E-state index in [1.807, 2.05) is 12.4 Å². The van der Waals surface area contributed by atoms with Gasteiger partial charge < -0.3 is 10.1 Å². The lowest BCUT2D eigenvalue weighted by Crippen LogP contribution is -2.48. The molecule has 5 heteroatoms. The van der Waals surface area contributed by atoms with Gasteiger partial charge in [-0.2, -0.15) is 0 Å². The zero-order valence-electron chi connectivity index (χ0n) is 11.8. The SMILES string of the molecule is CC(C)NCC1OCCN(C)C1c1cncc(Br)c1. The molecular weight excluding hydrogens is 306 g/mol. The molecule has 106 valence electrons. The minimum absolute atomic E-state index is 0.164. The predicted molar refractivity (Wildman–Crippen MR) is 80.2 cm³/mol. The van der Waals surface area contributed by atoms with Gasteiger partial charge in [0.1, 0.15) is 0 Å². The van der Waals surface area contributed by atoms with Crippen LogP contribution in [-0.4, -0.2) is 48.8 Å². The summed E-state index contributed by atoms with van der Waals surface area (Å²) in [6.07, 6.45) is 3.91. The molecule has 1 aliphatic heterocycles. The molecule has 1 aliphatic rings. The molecule has 0 radical (unpaired) electrons. The summed E-state index contributed by atoms with van der Waals surface area (Å²) in [5, 5.41) is 3.47. The van der Waals surface area contributed by atoms with Crippen LogP contribution in [0, 0.1) is 0 Å². The molecule has 1 N–H and O–H groups in total. The van der Waals surface area contributed by atoms with Crippen molar-refractivity contribution in [1.29, 1.82) is 0 Å². The predicted octanol–water partition coefficient (Wildman–Crippen LogP) is 2.21. The standard InChI is InChI=1S/C14H22BrN3O/c1-10(2)17-9-13-14(18(3)4-5-19-13)11-6-12(15)8-16-7-11/h6-8,10,13-14,17H,4-5,9H2,1-3H3. The fourth-order valence-corrected chi connectivity index (χ4v) is 2.83. The Morgan fingerprint density at radius 1 is 1.53 bits per heavy atom. The van der Waals surface area contributed by atoms with Gasteiger partial charge in [-0.05, 0) is 34.6 Å². The maximum Gasteiger partial charge on any atom is 0.0897 e. The van der Waals surface area contributed by atoms with E-state index in [-0.39, 0.29) is 12.1 Å². The molecule has 0 spiro atoms. The molecule has 0 aliphatic carbocycles. The topological polar surface area (TPSA) is 37.4 Å². The Bertz CT molecular complexity index is 413. The van der Waals surface area contributed by atoms with Crippen LogP contribution in [-0.2, 0) is 4.74 Å². The molecule has 0 amide bonds. The zero-order valence-corrected chi connectivity index (χ0v) is 13.4. The monoisotopic (exact) mass is 327 g/mol. The van der Waals surface area contributed by atoms with Crippen LogP contribution < -0.4 is 5.32 Å². The van der Waals surface area contributed by atoms with E-state index in [9.17, 15) is 0 Å². The first-order chi connectivity index (χ1) is 9.08. The van der Waals surface area contributed by atoms with Crippen molar-refractivity contribution in [2.24, 2.45) is 0 Å². The number of likely N-dealkylation sites (N-methyl/N-ethyl adjacent to an activating group) is 1. The van der Waals surface area contributed by atoms with Crippen LogP contribution in [0.4, 0.5) is 0 Å². The van der Waals surface area contributed by atoms with Crippen LogP contribution in [0.5, 0.6) is 0 Å². The Kier molecular flexibility index (Phi) is 5.33. The number of ether oxygens (including phenoxy) is 1. The van der Waals surface area contributed by atoms with E-state index in [2.05, 4.69) is 58.1 Å². The number of hydrogen-bond donors (Lipinski definition) is 1. The van der Waals surface area contributed by atoms with E-state index in [4.69, 9.17) is 4.74 Å². The number of pyridine rings is 1. The van der Waals surface area contributed by atoms with Gasteiger partial charge >= 0.3 is 0 Å². The molecule has 4 nitrogen and oxygen atoms in total. The highest BCUT2D eigenvalue weighted by molar-refractivity contribution is 9.10. The van der Waals surface area contributed by atoms with Crippen molar-refractivity contribution in [2.75, 3.05) is 26.7 Å². The Hall–Kier alpha value is -0.490. The number of nitrogens with zero attached hydrogens (tertiary/aromatic N) is 2. The Morgan fingerprint density at radius 3 is 3.00 bits per heavy atom. The van der Waals surface area contributed by atoms with E-state index in [0.717, 1.165) is 24.2 Å². The van der Waals surface area contributed by atoms with Gasteiger partial charge in [0.15, 0.2) is 0 Å². The largest absolute Gasteiger partial charge is 0.374 e. The fraction of sp³-hybridized carbons (Fsp3) is 0.643. The van der Waals surface area contributed by atoms with Crippen molar-refractivity contribution in [1.82, 2.24) is 15.2 Å². The Balaban J connectivity index is 2.16. The summed E-state index contributed by atoms with van der Waals surface area (Å²) in [5.41, 5.74) is 1.20. The second kappa shape index (κ2) is 6.79. The van der Waals surface area contributed by atoms with Crippen LogP contribution in [0.2, 0.25) is 0 Å². The van der Waals surface area contributed by atoms with Crippen molar-refractivity contribution in [3.05, 3.63) is 28.5 Å². The molecule has 0 saturated carbocycles. The lowest BCUT2D eigenvalue weighted by molar-refractivity contribution is -0.0621.